The van der Waals surface area contributed by atoms with Crippen molar-refractivity contribution in [2.75, 3.05) is 4.90 Å². The molecular weight excluding hydrogens is 308 g/mol. The summed E-state index contributed by atoms with van der Waals surface area (Å²) in [5.41, 5.74) is 0.350. The molecule has 0 unspecified atom stereocenters. The Balaban J connectivity index is 2.21. The first kappa shape index (κ1) is 14.2. The van der Waals surface area contributed by atoms with Gasteiger partial charge in [-0.15, -0.1) is 0 Å². The van der Waals surface area contributed by atoms with E-state index >= 15 is 0 Å². The molecule has 2 aromatic carbocycles. The van der Waals surface area contributed by atoms with Crippen molar-refractivity contribution in [2.24, 2.45) is 0 Å². The van der Waals surface area contributed by atoms with Crippen LogP contribution in [0.4, 0.5) is 11.4 Å². The van der Waals surface area contributed by atoms with Crippen LogP contribution in [0.2, 0.25) is 5.02 Å². The number of carbonyl (C=O) groups is 2. The van der Waals surface area contributed by atoms with Crippen LogP contribution in [-0.2, 0) is 0 Å². The topological polar surface area (TPSA) is 80.5 Å². The van der Waals surface area contributed by atoms with Gasteiger partial charge in [0.05, 0.1) is 16.2 Å². The SMILES string of the molecule is Cc1c(Cl)cccc1N1C(=O)c2cccc([N+](=O)[O-])c2C1=O. The molecule has 0 saturated heterocycles. The summed E-state index contributed by atoms with van der Waals surface area (Å²) in [4.78, 5) is 36.4. The van der Waals surface area contributed by atoms with Crippen LogP contribution >= 0.6 is 11.6 Å². The lowest BCUT2D eigenvalue weighted by Gasteiger charge is -2.17. The largest absolute Gasteiger partial charge is 0.283 e. The maximum absolute atomic E-state index is 12.6. The Kier molecular flexibility index (Phi) is 3.18. The normalized spacial score (nSPS) is 13.5. The zero-order chi connectivity index (χ0) is 16.0. The van der Waals surface area contributed by atoms with E-state index in [2.05, 4.69) is 0 Å². The number of rotatable bonds is 2. The monoisotopic (exact) mass is 316 g/mol. The fourth-order valence-electron chi connectivity index (χ4n) is 2.48. The van der Waals surface area contributed by atoms with Crippen molar-refractivity contribution in [1.82, 2.24) is 0 Å². The predicted octanol–water partition coefficient (Wildman–Crippen LogP) is 3.36. The molecule has 1 heterocycles. The number of nitro groups is 1. The molecule has 0 N–H and O–H groups in total. The molecule has 2 aromatic rings. The molecule has 0 bridgehead atoms. The van der Waals surface area contributed by atoms with Gasteiger partial charge in [-0.05, 0) is 30.7 Å². The first-order chi connectivity index (χ1) is 10.4. The number of nitrogens with zero attached hydrogens (tertiary/aromatic N) is 2. The van der Waals surface area contributed by atoms with Gasteiger partial charge in [0.1, 0.15) is 5.56 Å². The Labute approximate surface area is 130 Å². The van der Waals surface area contributed by atoms with E-state index in [1.807, 2.05) is 0 Å². The molecule has 7 heteroatoms. The average molecular weight is 317 g/mol. The number of halogens is 1. The van der Waals surface area contributed by atoms with Crippen LogP contribution in [0, 0.1) is 17.0 Å². The molecule has 6 nitrogen and oxygen atoms in total. The third-order valence-electron chi connectivity index (χ3n) is 3.57. The van der Waals surface area contributed by atoms with E-state index in [-0.39, 0.29) is 16.8 Å². The van der Waals surface area contributed by atoms with Gasteiger partial charge in [0.15, 0.2) is 0 Å². The third-order valence-corrected chi connectivity index (χ3v) is 3.98. The number of fused-ring (bicyclic) bond motifs is 1. The molecule has 3 rings (SSSR count). The van der Waals surface area contributed by atoms with Gasteiger partial charge in [0, 0.05) is 11.1 Å². The molecule has 0 fully saturated rings. The number of anilines is 1. The molecular formula is C15H9ClN2O4. The van der Waals surface area contributed by atoms with Crippen molar-refractivity contribution >= 4 is 34.8 Å². The summed E-state index contributed by atoms with van der Waals surface area (Å²) < 4.78 is 0. The van der Waals surface area contributed by atoms with Crippen LogP contribution < -0.4 is 4.90 Å². The van der Waals surface area contributed by atoms with Crippen LogP contribution in [0.1, 0.15) is 26.3 Å². The summed E-state index contributed by atoms with van der Waals surface area (Å²) in [6.07, 6.45) is 0. The molecule has 22 heavy (non-hydrogen) atoms. The quantitative estimate of drug-likeness (QED) is 0.483. The van der Waals surface area contributed by atoms with Gasteiger partial charge < -0.3 is 0 Å². The second-order valence-corrected chi connectivity index (χ2v) is 5.19. The highest BCUT2D eigenvalue weighted by Crippen LogP contribution is 2.36. The van der Waals surface area contributed by atoms with Crippen LogP contribution in [0.25, 0.3) is 0 Å². The van der Waals surface area contributed by atoms with E-state index in [9.17, 15) is 19.7 Å². The van der Waals surface area contributed by atoms with Gasteiger partial charge in [-0.2, -0.15) is 0 Å². The molecule has 0 radical (unpaired) electrons. The zero-order valence-electron chi connectivity index (χ0n) is 11.4. The van der Waals surface area contributed by atoms with E-state index < -0.39 is 16.7 Å². The van der Waals surface area contributed by atoms with Crippen molar-refractivity contribution < 1.29 is 14.5 Å². The van der Waals surface area contributed by atoms with Crippen LogP contribution in [-0.4, -0.2) is 16.7 Å². The van der Waals surface area contributed by atoms with Crippen molar-refractivity contribution in [3.05, 3.63) is 68.2 Å². The summed E-state index contributed by atoms with van der Waals surface area (Å²) in [6, 6.07) is 8.83. The van der Waals surface area contributed by atoms with Gasteiger partial charge in [0.25, 0.3) is 17.5 Å². The number of imide groups is 1. The van der Waals surface area contributed by atoms with Crippen LogP contribution in [0.15, 0.2) is 36.4 Å². The van der Waals surface area contributed by atoms with Crippen molar-refractivity contribution in [3.63, 3.8) is 0 Å². The third kappa shape index (κ3) is 1.88. The molecule has 110 valence electrons. The van der Waals surface area contributed by atoms with E-state index in [0.717, 1.165) is 4.90 Å². The molecule has 0 atom stereocenters. The lowest BCUT2D eigenvalue weighted by atomic mass is 10.1. The number of amides is 2. The van der Waals surface area contributed by atoms with E-state index in [0.29, 0.717) is 16.3 Å². The number of hydrogen-bond donors (Lipinski definition) is 0. The Morgan fingerprint density at radius 3 is 2.45 bits per heavy atom. The molecule has 1 aliphatic heterocycles. The van der Waals surface area contributed by atoms with Gasteiger partial charge in [-0.25, -0.2) is 4.90 Å². The Morgan fingerprint density at radius 2 is 1.77 bits per heavy atom. The van der Waals surface area contributed by atoms with Crippen LogP contribution in [0.3, 0.4) is 0 Å². The molecule has 0 aromatic heterocycles. The Morgan fingerprint density at radius 1 is 1.09 bits per heavy atom. The summed E-state index contributed by atoms with van der Waals surface area (Å²) in [5, 5.41) is 11.5. The minimum atomic E-state index is -0.710. The fraction of sp³-hybridized carbons (Fsp3) is 0.0667. The molecule has 0 spiro atoms. The molecule has 2 amide bonds. The van der Waals surface area contributed by atoms with E-state index in [1.54, 1.807) is 25.1 Å². The number of hydrogen-bond acceptors (Lipinski definition) is 4. The summed E-state index contributed by atoms with van der Waals surface area (Å²) >= 11 is 6.02. The second-order valence-electron chi connectivity index (χ2n) is 4.79. The lowest BCUT2D eigenvalue weighted by Crippen LogP contribution is -2.30. The molecule has 0 aliphatic carbocycles. The zero-order valence-corrected chi connectivity index (χ0v) is 12.1. The maximum Gasteiger partial charge on any atom is 0.283 e. The van der Waals surface area contributed by atoms with E-state index in [4.69, 9.17) is 11.6 Å². The minimum Gasteiger partial charge on any atom is -0.268 e. The minimum absolute atomic E-state index is 0.0265. The molecule has 0 saturated carbocycles. The van der Waals surface area contributed by atoms with Gasteiger partial charge in [-0.3, -0.25) is 19.7 Å². The highest BCUT2D eigenvalue weighted by atomic mass is 35.5. The van der Waals surface area contributed by atoms with Crippen LogP contribution in [0.5, 0.6) is 0 Å². The standard InChI is InChI=1S/C15H9ClN2O4/c1-8-10(16)5-3-6-11(8)17-14(19)9-4-2-7-12(18(21)22)13(9)15(17)20/h2-7H,1H3. The summed E-state index contributed by atoms with van der Waals surface area (Å²) in [6.45, 7) is 1.68. The Hall–Kier alpha value is -2.73. The highest BCUT2D eigenvalue weighted by molar-refractivity contribution is 6.37. The van der Waals surface area contributed by atoms with Crippen molar-refractivity contribution in [2.45, 2.75) is 6.92 Å². The number of carbonyl (C=O) groups excluding carboxylic acids is 2. The maximum atomic E-state index is 12.6. The molecule has 1 aliphatic rings. The first-order valence-electron chi connectivity index (χ1n) is 6.34. The van der Waals surface area contributed by atoms with Crippen molar-refractivity contribution in [1.29, 1.82) is 0 Å². The van der Waals surface area contributed by atoms with Gasteiger partial charge in [0.2, 0.25) is 0 Å². The van der Waals surface area contributed by atoms with E-state index in [1.165, 1.54) is 18.2 Å². The Bertz CT molecular complexity index is 847. The summed E-state index contributed by atoms with van der Waals surface area (Å²) in [7, 11) is 0. The average Bonchev–Trinajstić information content (AvgIpc) is 2.74. The predicted molar refractivity (Wildman–Crippen MR) is 80.4 cm³/mol. The van der Waals surface area contributed by atoms with Crippen molar-refractivity contribution in [3.8, 4) is 0 Å². The lowest BCUT2D eigenvalue weighted by molar-refractivity contribution is -0.385. The number of benzene rings is 2. The number of nitro benzene ring substituents is 1. The fourth-order valence-corrected chi connectivity index (χ4v) is 2.65. The first-order valence-corrected chi connectivity index (χ1v) is 6.72. The highest BCUT2D eigenvalue weighted by Gasteiger charge is 2.42. The second kappa shape index (κ2) is 4.92. The summed E-state index contributed by atoms with van der Waals surface area (Å²) in [5.74, 6) is -1.30. The van der Waals surface area contributed by atoms with Gasteiger partial charge in [-0.1, -0.05) is 23.7 Å². The smallest absolute Gasteiger partial charge is 0.268 e. The van der Waals surface area contributed by atoms with Gasteiger partial charge >= 0.3 is 0 Å².